The quantitative estimate of drug-likeness (QED) is 0.417. The van der Waals surface area contributed by atoms with Gasteiger partial charge in [-0.1, -0.05) is 24.3 Å². The van der Waals surface area contributed by atoms with E-state index < -0.39 is 54.1 Å². The lowest BCUT2D eigenvalue weighted by Crippen LogP contribution is -2.39. The van der Waals surface area contributed by atoms with Crippen LogP contribution in [0.1, 0.15) is 33.1 Å². The molecular weight excluding hydrogens is 497 g/mol. The molecule has 0 bridgehead atoms. The molecular formula is C24H17F7N2O3. The van der Waals surface area contributed by atoms with Crippen molar-refractivity contribution in [2.24, 2.45) is 0 Å². The number of hydrogen-bond acceptors (Lipinski definition) is 3. The van der Waals surface area contributed by atoms with Crippen LogP contribution in [0.15, 0.2) is 72.8 Å². The third-order valence-electron chi connectivity index (χ3n) is 4.82. The molecule has 0 saturated carbocycles. The van der Waals surface area contributed by atoms with Gasteiger partial charge in [-0.05, 0) is 59.7 Å². The van der Waals surface area contributed by atoms with E-state index in [1.54, 1.807) is 0 Å². The van der Waals surface area contributed by atoms with Crippen LogP contribution >= 0.6 is 0 Å². The molecule has 0 aromatic heterocycles. The van der Waals surface area contributed by atoms with Gasteiger partial charge in [-0.2, -0.15) is 13.2 Å². The normalized spacial score (nSPS) is 12.5. The van der Waals surface area contributed by atoms with Crippen LogP contribution in [0.4, 0.5) is 30.7 Å². The number of carbonyl (C=O) groups excluding carboxylic acids is 2. The number of alkyl halides is 6. The first-order chi connectivity index (χ1) is 16.8. The predicted octanol–water partition coefficient (Wildman–Crippen LogP) is 5.38. The molecule has 0 heterocycles. The summed E-state index contributed by atoms with van der Waals surface area (Å²) in [6.07, 6.45) is -9.63. The van der Waals surface area contributed by atoms with E-state index in [9.17, 15) is 40.3 Å². The second kappa shape index (κ2) is 10.7. The fourth-order valence-electron chi connectivity index (χ4n) is 3.19. The number of hydrogen-bond donors (Lipinski definition) is 2. The topological polar surface area (TPSA) is 67.4 Å². The largest absolute Gasteiger partial charge is 0.573 e. The van der Waals surface area contributed by atoms with Crippen LogP contribution in [0.5, 0.6) is 5.75 Å². The number of carbonyl (C=O) groups is 2. The van der Waals surface area contributed by atoms with E-state index in [2.05, 4.69) is 15.4 Å². The minimum atomic E-state index is -4.95. The molecule has 36 heavy (non-hydrogen) atoms. The molecule has 0 aliphatic rings. The van der Waals surface area contributed by atoms with Crippen molar-refractivity contribution in [2.45, 2.75) is 18.6 Å². The van der Waals surface area contributed by atoms with Gasteiger partial charge in [0.2, 0.25) is 5.91 Å². The monoisotopic (exact) mass is 514 g/mol. The third kappa shape index (κ3) is 7.45. The molecule has 5 nitrogen and oxygen atoms in total. The summed E-state index contributed by atoms with van der Waals surface area (Å²) in [5, 5.41) is 4.77. The van der Waals surface area contributed by atoms with Crippen LogP contribution in [0, 0.1) is 5.82 Å². The molecule has 0 aliphatic heterocycles. The molecule has 2 N–H and O–H groups in total. The number of amides is 2. The Morgan fingerprint density at radius 1 is 0.833 bits per heavy atom. The Bertz CT molecular complexity index is 1210. The summed E-state index contributed by atoms with van der Waals surface area (Å²) in [5.41, 5.74) is -0.783. The molecule has 0 aliphatic carbocycles. The van der Waals surface area contributed by atoms with Crippen LogP contribution in [0.3, 0.4) is 0 Å². The zero-order valence-electron chi connectivity index (χ0n) is 18.1. The van der Waals surface area contributed by atoms with Crippen molar-refractivity contribution in [3.05, 3.63) is 101 Å². The van der Waals surface area contributed by atoms with E-state index >= 15 is 0 Å². The summed E-state index contributed by atoms with van der Waals surface area (Å²) in [7, 11) is 0. The molecule has 3 aromatic rings. The maximum Gasteiger partial charge on any atom is 0.573 e. The predicted molar refractivity (Wildman–Crippen MR) is 113 cm³/mol. The second-order valence-corrected chi connectivity index (χ2v) is 7.43. The Morgan fingerprint density at radius 3 is 2.06 bits per heavy atom. The SMILES string of the molecule is O=C(CNC(=O)c1ccc(F)cc1)NC(c1ccc(OC(F)(F)F)cc1)c1cccc(C(F)(F)F)c1. The number of ether oxygens (including phenoxy) is 1. The first-order valence-electron chi connectivity index (χ1n) is 10.2. The molecule has 3 rings (SSSR count). The highest BCUT2D eigenvalue weighted by molar-refractivity contribution is 5.96. The van der Waals surface area contributed by atoms with Crippen molar-refractivity contribution in [3.8, 4) is 5.75 Å². The van der Waals surface area contributed by atoms with Gasteiger partial charge in [0.25, 0.3) is 5.91 Å². The van der Waals surface area contributed by atoms with Gasteiger partial charge >= 0.3 is 12.5 Å². The van der Waals surface area contributed by atoms with E-state index in [0.717, 1.165) is 54.6 Å². The Morgan fingerprint density at radius 2 is 1.47 bits per heavy atom. The van der Waals surface area contributed by atoms with Crippen molar-refractivity contribution >= 4 is 11.8 Å². The van der Waals surface area contributed by atoms with Gasteiger partial charge in [-0.25, -0.2) is 4.39 Å². The molecule has 12 heteroatoms. The van der Waals surface area contributed by atoms with Gasteiger partial charge in [-0.3, -0.25) is 9.59 Å². The highest BCUT2D eigenvalue weighted by Gasteiger charge is 2.32. The molecule has 0 spiro atoms. The standard InChI is InChI=1S/C24H17F7N2O3/c25-18-8-4-15(5-9-18)22(35)32-13-20(34)33-21(16-2-1-3-17(12-16)23(26,27)28)14-6-10-19(11-7-14)36-24(29,30)31/h1-12,21H,13H2,(H,32,35)(H,33,34). The minimum absolute atomic E-state index is 0.00692. The average Bonchev–Trinajstić information content (AvgIpc) is 2.80. The molecule has 3 aromatic carbocycles. The highest BCUT2D eigenvalue weighted by atomic mass is 19.4. The van der Waals surface area contributed by atoms with Crippen LogP contribution in [0.25, 0.3) is 0 Å². The van der Waals surface area contributed by atoms with Gasteiger partial charge in [0.1, 0.15) is 11.6 Å². The second-order valence-electron chi connectivity index (χ2n) is 7.43. The van der Waals surface area contributed by atoms with E-state index in [1.807, 2.05) is 0 Å². The molecule has 190 valence electrons. The Balaban J connectivity index is 1.82. The van der Waals surface area contributed by atoms with E-state index in [1.165, 1.54) is 18.2 Å². The summed E-state index contributed by atoms with van der Waals surface area (Å²) in [4.78, 5) is 24.7. The first-order valence-corrected chi connectivity index (χ1v) is 10.2. The average molecular weight is 514 g/mol. The van der Waals surface area contributed by atoms with Crippen molar-refractivity contribution in [1.29, 1.82) is 0 Å². The zero-order chi connectivity index (χ0) is 26.5. The van der Waals surface area contributed by atoms with Crippen LogP contribution < -0.4 is 15.4 Å². The smallest absolute Gasteiger partial charge is 0.406 e. The van der Waals surface area contributed by atoms with Gasteiger partial charge < -0.3 is 15.4 Å². The van der Waals surface area contributed by atoms with Gasteiger partial charge in [0.05, 0.1) is 18.2 Å². The van der Waals surface area contributed by atoms with Crippen LogP contribution in [0.2, 0.25) is 0 Å². The van der Waals surface area contributed by atoms with Gasteiger partial charge in [0.15, 0.2) is 0 Å². The molecule has 0 radical (unpaired) electrons. The summed E-state index contributed by atoms with van der Waals surface area (Å²) in [6.45, 7) is -0.582. The number of benzene rings is 3. The van der Waals surface area contributed by atoms with E-state index in [0.29, 0.717) is 0 Å². The van der Waals surface area contributed by atoms with E-state index in [-0.39, 0.29) is 16.7 Å². The molecule has 0 fully saturated rings. The van der Waals surface area contributed by atoms with Crippen molar-refractivity contribution in [2.75, 3.05) is 6.54 Å². The van der Waals surface area contributed by atoms with Crippen molar-refractivity contribution in [1.82, 2.24) is 10.6 Å². The lowest BCUT2D eigenvalue weighted by molar-refractivity contribution is -0.274. The third-order valence-corrected chi connectivity index (χ3v) is 4.82. The number of nitrogens with one attached hydrogen (secondary N) is 2. The van der Waals surface area contributed by atoms with Crippen LogP contribution in [-0.2, 0) is 11.0 Å². The summed E-state index contributed by atoms with van der Waals surface area (Å²) >= 11 is 0. The Labute approximate surface area is 199 Å². The molecule has 1 atom stereocenters. The summed E-state index contributed by atoms with van der Waals surface area (Å²) in [5.74, 6) is -2.63. The van der Waals surface area contributed by atoms with Crippen molar-refractivity contribution in [3.63, 3.8) is 0 Å². The lowest BCUT2D eigenvalue weighted by Gasteiger charge is -2.21. The zero-order valence-corrected chi connectivity index (χ0v) is 18.1. The lowest BCUT2D eigenvalue weighted by atomic mass is 9.96. The van der Waals surface area contributed by atoms with Gasteiger partial charge in [-0.15, -0.1) is 13.2 Å². The number of halogens is 7. The maximum absolute atomic E-state index is 13.2. The van der Waals surface area contributed by atoms with Crippen molar-refractivity contribution < 1.29 is 45.1 Å². The first kappa shape index (κ1) is 26.5. The molecule has 2 amide bonds. The van der Waals surface area contributed by atoms with Gasteiger partial charge in [0, 0.05) is 5.56 Å². The Hall–Kier alpha value is -4.09. The fraction of sp³-hybridized carbons (Fsp3) is 0.167. The Kier molecular flexibility index (Phi) is 7.86. The number of rotatable bonds is 7. The molecule has 0 saturated heterocycles. The fourth-order valence-corrected chi connectivity index (χ4v) is 3.19. The highest BCUT2D eigenvalue weighted by Crippen LogP contribution is 2.33. The minimum Gasteiger partial charge on any atom is -0.406 e. The maximum atomic E-state index is 13.2. The van der Waals surface area contributed by atoms with E-state index in [4.69, 9.17) is 0 Å². The van der Waals surface area contributed by atoms with Crippen LogP contribution in [-0.4, -0.2) is 24.7 Å². The molecule has 1 unspecified atom stereocenters. The summed E-state index contributed by atoms with van der Waals surface area (Å²) in [6, 6.07) is 11.5. The summed E-state index contributed by atoms with van der Waals surface area (Å²) < 4.78 is 93.8.